The molecule has 0 bridgehead atoms. The molecule has 1 aromatic carbocycles. The van der Waals surface area contributed by atoms with E-state index in [2.05, 4.69) is 5.10 Å². The molecule has 1 heterocycles. The summed E-state index contributed by atoms with van der Waals surface area (Å²) in [5.74, 6) is 0.0854. The molecule has 0 unspecified atom stereocenters. The molecular formula is C17H24IN3O3S. The fourth-order valence-corrected chi connectivity index (χ4v) is 7.37. The zero-order valence-electron chi connectivity index (χ0n) is 15.2. The van der Waals surface area contributed by atoms with E-state index in [4.69, 9.17) is 0 Å². The van der Waals surface area contributed by atoms with Crippen LogP contribution in [0.2, 0.25) is 0 Å². The van der Waals surface area contributed by atoms with Gasteiger partial charge >= 0.3 is 6.03 Å². The van der Waals surface area contributed by atoms with Crippen molar-refractivity contribution in [2.24, 2.45) is 5.10 Å². The van der Waals surface area contributed by atoms with Gasteiger partial charge in [-0.25, -0.2) is 13.2 Å². The number of hydrogen-bond donors (Lipinski definition) is 0. The van der Waals surface area contributed by atoms with Gasteiger partial charge in [0.2, 0.25) is 12.9 Å². The Morgan fingerprint density at radius 3 is 2.48 bits per heavy atom. The highest BCUT2D eigenvalue weighted by Gasteiger charge is 2.32. The molecule has 2 rings (SSSR count). The van der Waals surface area contributed by atoms with Crippen LogP contribution >= 0.6 is 20.7 Å². The van der Waals surface area contributed by atoms with Crippen LogP contribution in [0.3, 0.4) is 0 Å². The van der Waals surface area contributed by atoms with Crippen LogP contribution in [-0.2, 0) is 9.84 Å². The third-order valence-electron chi connectivity index (χ3n) is 4.01. The molecule has 6 nitrogen and oxygen atoms in total. The molecule has 2 amide bonds. The van der Waals surface area contributed by atoms with Crippen molar-refractivity contribution in [1.82, 2.24) is 9.91 Å². The third-order valence-corrected chi connectivity index (χ3v) is 9.52. The normalized spacial score (nSPS) is 14.5. The number of amides is 2. The lowest BCUT2D eigenvalue weighted by atomic mass is 10.0. The van der Waals surface area contributed by atoms with Crippen molar-refractivity contribution in [2.75, 3.05) is 13.1 Å². The summed E-state index contributed by atoms with van der Waals surface area (Å²) in [5.41, 5.74) is 1.51. The first-order valence-corrected chi connectivity index (χ1v) is 12.0. The van der Waals surface area contributed by atoms with Gasteiger partial charge in [-0.1, -0.05) is 32.0 Å². The maximum absolute atomic E-state index is 13.2. The lowest BCUT2D eigenvalue weighted by Crippen LogP contribution is -2.39. The van der Waals surface area contributed by atoms with E-state index in [1.807, 2.05) is 39.8 Å². The average Bonchev–Trinajstić information content (AvgIpc) is 3.06. The number of halogens is 1. The first-order chi connectivity index (χ1) is 11.7. The average molecular weight is 477 g/mol. The second-order valence-electron chi connectivity index (χ2n) is 6.01. The number of nitrogens with zero attached hydrogens (tertiary/aromatic N) is 3. The molecule has 0 saturated carbocycles. The topological polar surface area (TPSA) is 70.1 Å². The fraction of sp³-hybridized carbons (Fsp3) is 0.471. The summed E-state index contributed by atoms with van der Waals surface area (Å²) in [7, 11) is -3.70. The van der Waals surface area contributed by atoms with E-state index >= 15 is 0 Å². The Hall–Kier alpha value is -1.29. The summed E-state index contributed by atoms with van der Waals surface area (Å²) in [4.78, 5) is 14.4. The number of carbonyl (C=O) groups excluding carboxylic acids is 1. The number of urea groups is 1. The van der Waals surface area contributed by atoms with Crippen molar-refractivity contribution in [3.63, 3.8) is 0 Å². The number of benzene rings is 1. The molecule has 0 atom stereocenters. The summed E-state index contributed by atoms with van der Waals surface area (Å²) in [6.45, 7) is 10.6. The Bertz CT molecular complexity index is 828. The number of rotatable bonds is 4. The van der Waals surface area contributed by atoms with Crippen molar-refractivity contribution in [3.05, 3.63) is 29.3 Å². The Morgan fingerprint density at radius 2 is 1.92 bits per heavy atom. The van der Waals surface area contributed by atoms with Crippen molar-refractivity contribution in [1.29, 1.82) is 0 Å². The number of hydrazone groups is 1. The van der Waals surface area contributed by atoms with Gasteiger partial charge in [0.15, 0.2) is 0 Å². The molecule has 1 aliphatic heterocycles. The summed E-state index contributed by atoms with van der Waals surface area (Å²) in [5, 5.41) is 5.35. The van der Waals surface area contributed by atoms with Gasteiger partial charge in [-0.2, -0.15) is 5.01 Å². The number of sulfone groups is 1. The highest BCUT2D eigenvalue weighted by Crippen LogP contribution is 2.32. The Labute approximate surface area is 159 Å². The highest BCUT2D eigenvalue weighted by atomic mass is 127. The molecule has 0 spiro atoms. The molecule has 0 fully saturated rings. The molecule has 0 saturated heterocycles. The highest BCUT2D eigenvalue weighted by molar-refractivity contribution is 14.2. The van der Waals surface area contributed by atoms with Crippen molar-refractivity contribution in [2.45, 2.75) is 45.4 Å². The smallest absolute Gasteiger partial charge is 0.323 e. The standard InChI is InChI=1S/C17H24IN3O3S/c1-6-20(7-2)17(22)21-11-18-16(19-21)25(23,24)15-13(5)9-8-10-14(15)12(3)4/h8-12H,6-7H2,1-5H3. The first kappa shape index (κ1) is 20.0. The maximum atomic E-state index is 13.2. The molecular weight excluding hydrogens is 453 g/mol. The summed E-state index contributed by atoms with van der Waals surface area (Å²) < 4.78 is 28.1. The Balaban J connectivity index is 2.45. The quantitative estimate of drug-likeness (QED) is 0.622. The van der Waals surface area contributed by atoms with Gasteiger partial charge in [0, 0.05) is 13.1 Å². The summed E-state index contributed by atoms with van der Waals surface area (Å²) in [6, 6.07) is 5.25. The monoisotopic (exact) mass is 477 g/mol. The van der Waals surface area contributed by atoms with E-state index in [1.54, 1.807) is 22.0 Å². The van der Waals surface area contributed by atoms with Crippen molar-refractivity contribution < 1.29 is 13.2 Å². The Kier molecular flexibility index (Phi) is 6.36. The molecule has 138 valence electrons. The SMILES string of the molecule is CCN(CC)C(=O)N1C=IC(S(=O)(=O)c2c(C)cccc2C(C)C)=N1. The van der Waals surface area contributed by atoms with E-state index in [0.29, 0.717) is 23.5 Å². The summed E-state index contributed by atoms with van der Waals surface area (Å²) in [6.07, 6.45) is 0. The molecule has 1 aliphatic rings. The van der Waals surface area contributed by atoms with Gasteiger partial charge < -0.3 is 4.90 Å². The minimum atomic E-state index is -3.70. The minimum absolute atomic E-state index is 0.0854. The summed E-state index contributed by atoms with van der Waals surface area (Å²) >= 11 is -0.979. The lowest BCUT2D eigenvalue weighted by molar-refractivity contribution is 0.183. The van der Waals surface area contributed by atoms with Gasteiger partial charge in [0.25, 0.3) is 0 Å². The molecule has 0 aromatic heterocycles. The second kappa shape index (κ2) is 7.94. The van der Waals surface area contributed by atoms with E-state index in [-0.39, 0.29) is 15.0 Å². The first-order valence-electron chi connectivity index (χ1n) is 8.22. The van der Waals surface area contributed by atoms with Crippen LogP contribution in [-0.4, -0.2) is 44.6 Å². The molecule has 0 aliphatic carbocycles. The van der Waals surface area contributed by atoms with Crippen LogP contribution in [0.15, 0.2) is 28.2 Å². The molecule has 1 aromatic rings. The molecule has 0 N–H and O–H groups in total. The zero-order chi connectivity index (χ0) is 18.8. The van der Waals surface area contributed by atoms with Crippen LogP contribution in [0.1, 0.15) is 44.7 Å². The maximum Gasteiger partial charge on any atom is 0.345 e. The molecule has 8 heteroatoms. The largest absolute Gasteiger partial charge is 0.345 e. The number of carbonyl (C=O) groups is 1. The van der Waals surface area contributed by atoms with E-state index in [1.165, 1.54) is 5.01 Å². The van der Waals surface area contributed by atoms with E-state index < -0.39 is 30.6 Å². The number of aryl methyl sites for hydroxylation is 1. The molecule has 0 radical (unpaired) electrons. The van der Waals surface area contributed by atoms with Crippen LogP contribution < -0.4 is 0 Å². The zero-order valence-corrected chi connectivity index (χ0v) is 18.1. The van der Waals surface area contributed by atoms with E-state index in [9.17, 15) is 13.2 Å². The van der Waals surface area contributed by atoms with Crippen molar-refractivity contribution >= 4 is 43.8 Å². The second-order valence-corrected chi connectivity index (χ2v) is 10.7. The lowest BCUT2D eigenvalue weighted by Gasteiger charge is -2.21. The van der Waals surface area contributed by atoms with Gasteiger partial charge in [0.05, 0.1) is 9.03 Å². The predicted molar refractivity (Wildman–Crippen MR) is 110 cm³/mol. The predicted octanol–water partition coefficient (Wildman–Crippen LogP) is 3.67. The van der Waals surface area contributed by atoms with Gasteiger partial charge in [-0.15, -0.1) is 5.10 Å². The van der Waals surface area contributed by atoms with Crippen LogP contribution in [0, 0.1) is 6.92 Å². The van der Waals surface area contributed by atoms with Gasteiger partial charge in [-0.3, -0.25) is 0 Å². The Morgan fingerprint density at radius 1 is 1.28 bits per heavy atom. The number of hydrogen-bond acceptors (Lipinski definition) is 4. The fourth-order valence-electron chi connectivity index (χ4n) is 2.63. The third kappa shape index (κ3) is 3.94. The van der Waals surface area contributed by atoms with E-state index in [0.717, 1.165) is 5.56 Å². The van der Waals surface area contributed by atoms with Crippen LogP contribution in [0.25, 0.3) is 0 Å². The minimum Gasteiger partial charge on any atom is -0.323 e. The van der Waals surface area contributed by atoms with Gasteiger partial charge in [-0.05, 0) is 58.5 Å². The van der Waals surface area contributed by atoms with Crippen LogP contribution in [0.5, 0.6) is 0 Å². The van der Waals surface area contributed by atoms with Crippen LogP contribution in [0.4, 0.5) is 4.79 Å². The van der Waals surface area contributed by atoms with Crippen molar-refractivity contribution in [3.8, 4) is 0 Å². The van der Waals surface area contributed by atoms with Gasteiger partial charge in [0.1, 0.15) is 0 Å². The molecule has 25 heavy (non-hydrogen) atoms.